The smallest absolute Gasteiger partial charge is 0.424 e. The van der Waals surface area contributed by atoms with Crippen molar-refractivity contribution in [2.45, 2.75) is 26.4 Å². The van der Waals surface area contributed by atoms with Crippen LogP contribution in [0.2, 0.25) is 0 Å². The summed E-state index contributed by atoms with van der Waals surface area (Å²) in [5.74, 6) is 0. The average Bonchev–Trinajstić information content (AvgIpc) is 2.69. The molecule has 0 fully saturated rings. The number of anilines is 2. The number of rotatable bonds is 6. The van der Waals surface area contributed by atoms with Crippen molar-refractivity contribution < 1.29 is 33.2 Å². The Hall–Kier alpha value is -1.16. The molecule has 0 aliphatic rings. The molecule has 1 aromatic rings. The molecule has 0 saturated carbocycles. The maximum atomic E-state index is 12.4. The van der Waals surface area contributed by atoms with Crippen LogP contribution in [0.1, 0.15) is 20.8 Å². The molecule has 1 aromatic heterocycles. The van der Waals surface area contributed by atoms with E-state index in [1.54, 1.807) is 20.8 Å². The van der Waals surface area contributed by atoms with Gasteiger partial charge in [-0.1, -0.05) is 0 Å². The lowest BCUT2D eigenvalue weighted by Crippen LogP contribution is -2.27. The van der Waals surface area contributed by atoms with E-state index >= 15 is 0 Å². The lowest BCUT2D eigenvalue weighted by Gasteiger charge is -2.19. The second kappa shape index (κ2) is 7.40. The number of nitrogens with two attached hydrogens (primary N) is 1. The first kappa shape index (κ1) is 18.9. The highest BCUT2D eigenvalue weighted by molar-refractivity contribution is 7.69. The van der Waals surface area contributed by atoms with Crippen LogP contribution in [0.25, 0.3) is 0 Å². The topological polar surface area (TPSA) is 118 Å². The first-order chi connectivity index (χ1) is 10.1. The Bertz CT molecular complexity index is 559. The van der Waals surface area contributed by atoms with Gasteiger partial charge in [0, 0.05) is 0 Å². The zero-order valence-electron chi connectivity index (χ0n) is 12.9. The summed E-state index contributed by atoms with van der Waals surface area (Å²) < 4.78 is 26.9. The van der Waals surface area contributed by atoms with Gasteiger partial charge in [-0.2, -0.15) is 0 Å². The largest absolute Gasteiger partial charge is 0.444 e. The van der Waals surface area contributed by atoms with Crippen molar-refractivity contribution in [2.24, 2.45) is 0 Å². The van der Waals surface area contributed by atoms with Crippen LogP contribution in [0.5, 0.6) is 0 Å². The minimum Gasteiger partial charge on any atom is -0.444 e. The highest BCUT2D eigenvalue weighted by Crippen LogP contribution is 2.50. The zero-order chi connectivity index (χ0) is 17.0. The number of nitrogens with one attached hydrogen (secondary N) is 1. The quantitative estimate of drug-likeness (QED) is 0.455. The van der Waals surface area contributed by atoms with Crippen molar-refractivity contribution in [1.82, 2.24) is 0 Å². The lowest BCUT2D eigenvalue weighted by atomic mass is 10.2. The summed E-state index contributed by atoms with van der Waals surface area (Å²) in [5.41, 5.74) is 5.28. The average molecular weight is 354 g/mol. The molecule has 0 bridgehead atoms. The van der Waals surface area contributed by atoms with Crippen molar-refractivity contribution >= 4 is 40.3 Å². The van der Waals surface area contributed by atoms with Crippen molar-refractivity contribution in [1.29, 1.82) is 0 Å². The maximum absolute atomic E-state index is 12.4. The molecule has 1 heterocycles. The first-order valence-corrected chi connectivity index (χ1v) is 8.42. The van der Waals surface area contributed by atoms with Gasteiger partial charge in [0.25, 0.3) is 0 Å². The van der Waals surface area contributed by atoms with Crippen LogP contribution >= 0.6 is 18.9 Å². The van der Waals surface area contributed by atoms with Gasteiger partial charge in [-0.3, -0.25) is 5.32 Å². The molecule has 0 radical (unpaired) electrons. The number of carbonyl (C=O) groups excluding carboxylic acids is 1. The minimum atomic E-state index is -3.86. The van der Waals surface area contributed by atoms with E-state index in [1.807, 2.05) is 0 Å². The Kier molecular flexibility index (Phi) is 6.36. The van der Waals surface area contributed by atoms with E-state index in [-0.39, 0.29) is 15.3 Å². The molecular weight excluding hydrogens is 335 g/mol. The van der Waals surface area contributed by atoms with Crippen molar-refractivity contribution in [3.8, 4) is 0 Å². The third kappa shape index (κ3) is 5.24. The molecule has 0 saturated heterocycles. The number of thiophene rings is 1. The van der Waals surface area contributed by atoms with E-state index in [2.05, 4.69) is 24.4 Å². The number of ether oxygens (including phenoxy) is 1. The van der Waals surface area contributed by atoms with E-state index in [0.29, 0.717) is 0 Å². The summed E-state index contributed by atoms with van der Waals surface area (Å²) in [7, 11) is -1.52. The standard InChI is InChI=1S/C11H19N2O7PS/c1-11(2,3)18-10(14)13-9-7(12)6-8(22-9)21(15,19-16-4)20-17-5/h6H,12H2,1-5H3,(H,13,14). The van der Waals surface area contributed by atoms with Gasteiger partial charge >= 0.3 is 13.7 Å². The summed E-state index contributed by atoms with van der Waals surface area (Å²) in [6.45, 7) is 5.18. The predicted molar refractivity (Wildman–Crippen MR) is 82.0 cm³/mol. The van der Waals surface area contributed by atoms with E-state index in [1.165, 1.54) is 20.3 Å². The molecule has 9 nitrogen and oxygen atoms in total. The molecule has 0 atom stereocenters. The van der Waals surface area contributed by atoms with Gasteiger partial charge in [-0.25, -0.2) is 19.1 Å². The van der Waals surface area contributed by atoms with Gasteiger partial charge in [0.2, 0.25) is 0 Å². The van der Waals surface area contributed by atoms with Gasteiger partial charge in [0.05, 0.1) is 19.9 Å². The molecular formula is C11H19N2O7PS. The van der Waals surface area contributed by atoms with Crippen LogP contribution in [0.4, 0.5) is 15.5 Å². The van der Waals surface area contributed by atoms with E-state index in [0.717, 1.165) is 11.3 Å². The summed E-state index contributed by atoms with van der Waals surface area (Å²) in [4.78, 5) is 20.5. The van der Waals surface area contributed by atoms with Crippen molar-refractivity contribution in [2.75, 3.05) is 25.3 Å². The molecule has 0 aliphatic carbocycles. The molecule has 22 heavy (non-hydrogen) atoms. The highest BCUT2D eigenvalue weighted by atomic mass is 32.1. The van der Waals surface area contributed by atoms with E-state index < -0.39 is 19.3 Å². The molecule has 0 spiro atoms. The van der Waals surface area contributed by atoms with Crippen LogP contribution < -0.4 is 15.7 Å². The fraction of sp³-hybridized carbons (Fsp3) is 0.545. The third-order valence-electron chi connectivity index (χ3n) is 1.98. The van der Waals surface area contributed by atoms with Crippen molar-refractivity contribution in [3.63, 3.8) is 0 Å². The summed E-state index contributed by atoms with van der Waals surface area (Å²) in [6.07, 6.45) is -0.692. The number of nitrogen functional groups attached to an aromatic ring is 1. The summed E-state index contributed by atoms with van der Waals surface area (Å²) >= 11 is 0.891. The van der Waals surface area contributed by atoms with Gasteiger partial charge in [0.1, 0.15) is 15.2 Å². The SMILES string of the molecule is COOP(=O)(OOC)c1cc(N)c(NC(=O)OC(C)(C)C)s1. The van der Waals surface area contributed by atoms with Gasteiger partial charge in [-0.15, -0.1) is 20.7 Å². The number of carbonyl (C=O) groups is 1. The summed E-state index contributed by atoms with van der Waals surface area (Å²) in [6, 6.07) is 1.33. The molecule has 3 N–H and O–H groups in total. The predicted octanol–water partition coefficient (Wildman–Crippen LogP) is 2.65. The van der Waals surface area contributed by atoms with Crippen LogP contribution in [-0.4, -0.2) is 25.9 Å². The van der Waals surface area contributed by atoms with E-state index in [9.17, 15) is 9.36 Å². The fourth-order valence-corrected chi connectivity index (χ4v) is 3.77. The monoisotopic (exact) mass is 354 g/mol. The second-order valence-corrected chi connectivity index (χ2v) is 8.11. The van der Waals surface area contributed by atoms with Gasteiger partial charge in [-0.05, 0) is 26.8 Å². The van der Waals surface area contributed by atoms with Crippen molar-refractivity contribution in [3.05, 3.63) is 6.07 Å². The minimum absolute atomic E-state index is 0.0970. The third-order valence-corrected chi connectivity index (χ3v) is 5.15. The number of hydrogen-bond acceptors (Lipinski definition) is 9. The Labute approximate surface area is 132 Å². The van der Waals surface area contributed by atoms with Gasteiger partial charge < -0.3 is 10.5 Å². The molecule has 0 unspecified atom stereocenters. The Morgan fingerprint density at radius 1 is 1.27 bits per heavy atom. The molecule has 0 aromatic carbocycles. The zero-order valence-corrected chi connectivity index (χ0v) is 14.6. The Morgan fingerprint density at radius 2 is 1.82 bits per heavy atom. The second-order valence-electron chi connectivity index (χ2n) is 4.98. The normalized spacial score (nSPS) is 12.2. The van der Waals surface area contributed by atoms with Crippen LogP contribution in [0, 0.1) is 0 Å². The molecule has 0 aliphatic heterocycles. The highest BCUT2D eigenvalue weighted by Gasteiger charge is 2.34. The Balaban J connectivity index is 2.95. The van der Waals surface area contributed by atoms with Crippen LogP contribution in [0.3, 0.4) is 0 Å². The van der Waals surface area contributed by atoms with E-state index in [4.69, 9.17) is 10.5 Å². The Morgan fingerprint density at radius 3 is 2.27 bits per heavy atom. The van der Waals surface area contributed by atoms with Crippen LogP contribution in [-0.2, 0) is 28.4 Å². The fourth-order valence-electron chi connectivity index (χ4n) is 1.30. The van der Waals surface area contributed by atoms with Gasteiger partial charge in [0.15, 0.2) is 0 Å². The van der Waals surface area contributed by atoms with Crippen LogP contribution in [0.15, 0.2) is 6.07 Å². The lowest BCUT2D eigenvalue weighted by molar-refractivity contribution is -0.239. The first-order valence-electron chi connectivity index (χ1n) is 6.06. The molecule has 1 rings (SSSR count). The molecule has 126 valence electrons. The summed E-state index contributed by atoms with van der Waals surface area (Å²) in [5, 5.41) is 2.70. The number of amides is 1. The maximum Gasteiger partial charge on any atom is 0.424 e. The molecule has 1 amide bonds. The molecule has 11 heteroatoms. The number of hydrogen-bond donors (Lipinski definition) is 2.